The van der Waals surface area contributed by atoms with Crippen molar-refractivity contribution in [3.63, 3.8) is 0 Å². The second kappa shape index (κ2) is 11.8. The Bertz CT molecular complexity index is 1460. The number of hydrogen-bond donors (Lipinski definition) is 1. The topological polar surface area (TPSA) is 88.5 Å². The molecular formula is C33H34N2O6. The fourth-order valence-corrected chi connectivity index (χ4v) is 5.77. The number of morpholine rings is 1. The number of aliphatic hydroxyl groups is 1. The van der Waals surface area contributed by atoms with Crippen molar-refractivity contribution in [3.05, 3.63) is 101 Å². The van der Waals surface area contributed by atoms with Gasteiger partial charge in [0, 0.05) is 38.2 Å². The molecule has 0 aliphatic carbocycles. The molecule has 8 nitrogen and oxygen atoms in total. The molecule has 2 fully saturated rings. The molecule has 0 radical (unpaired) electrons. The van der Waals surface area contributed by atoms with Crippen LogP contribution in [0.2, 0.25) is 0 Å². The maximum Gasteiger partial charge on any atom is 0.295 e. The van der Waals surface area contributed by atoms with Gasteiger partial charge in [-0.05, 0) is 53.9 Å². The lowest BCUT2D eigenvalue weighted by molar-refractivity contribution is -0.140. The molecule has 3 heterocycles. The van der Waals surface area contributed by atoms with Crippen LogP contribution in [0.15, 0.2) is 78.4 Å². The van der Waals surface area contributed by atoms with E-state index < -0.39 is 17.7 Å². The van der Waals surface area contributed by atoms with Gasteiger partial charge < -0.3 is 24.2 Å². The summed E-state index contributed by atoms with van der Waals surface area (Å²) in [6.07, 6.45) is 0.765. The number of carbonyl (C=O) groups excluding carboxylic acids is 2. The van der Waals surface area contributed by atoms with Gasteiger partial charge in [0.2, 0.25) is 0 Å². The van der Waals surface area contributed by atoms with E-state index in [0.29, 0.717) is 56.2 Å². The first-order valence-corrected chi connectivity index (χ1v) is 14.1. The average Bonchev–Trinajstić information content (AvgIpc) is 3.50. The first kappa shape index (κ1) is 27.1. The van der Waals surface area contributed by atoms with Crippen LogP contribution in [0, 0.1) is 0 Å². The zero-order valence-corrected chi connectivity index (χ0v) is 23.1. The summed E-state index contributed by atoms with van der Waals surface area (Å²) >= 11 is 0. The van der Waals surface area contributed by atoms with Gasteiger partial charge >= 0.3 is 0 Å². The van der Waals surface area contributed by atoms with Crippen LogP contribution in [-0.4, -0.2) is 72.1 Å². The number of fused-ring (bicyclic) bond motifs is 1. The third kappa shape index (κ3) is 5.71. The molecule has 0 unspecified atom stereocenters. The lowest BCUT2D eigenvalue weighted by Crippen LogP contribution is -2.42. The molecule has 0 bridgehead atoms. The van der Waals surface area contributed by atoms with E-state index in [4.69, 9.17) is 14.2 Å². The lowest BCUT2D eigenvalue weighted by Gasteiger charge is -2.31. The number of aliphatic hydroxyl groups excluding tert-OH is 1. The summed E-state index contributed by atoms with van der Waals surface area (Å²) in [5, 5.41) is 11.6. The van der Waals surface area contributed by atoms with Gasteiger partial charge in [-0.3, -0.25) is 14.5 Å². The molecule has 1 N–H and O–H groups in total. The summed E-state index contributed by atoms with van der Waals surface area (Å²) in [6, 6.07) is 22.0. The maximum atomic E-state index is 13.5. The van der Waals surface area contributed by atoms with Crippen molar-refractivity contribution < 1.29 is 28.9 Å². The molecule has 0 saturated carbocycles. The van der Waals surface area contributed by atoms with Crippen LogP contribution in [-0.2, 0) is 27.4 Å². The Morgan fingerprint density at radius 3 is 2.59 bits per heavy atom. The molecular weight excluding hydrogens is 520 g/mol. The number of hydrogen-bond acceptors (Lipinski definition) is 7. The summed E-state index contributed by atoms with van der Waals surface area (Å²) in [7, 11) is 0. The van der Waals surface area contributed by atoms with E-state index in [2.05, 4.69) is 4.90 Å². The molecule has 1 amide bonds. The minimum Gasteiger partial charge on any atom is -0.507 e. The molecule has 212 valence electrons. The number of likely N-dealkylation sites (tertiary alicyclic amines) is 1. The van der Waals surface area contributed by atoms with Gasteiger partial charge in [0.05, 0.1) is 24.8 Å². The van der Waals surface area contributed by atoms with Gasteiger partial charge in [-0.15, -0.1) is 0 Å². The van der Waals surface area contributed by atoms with Crippen molar-refractivity contribution in [1.29, 1.82) is 0 Å². The quantitative estimate of drug-likeness (QED) is 0.252. The summed E-state index contributed by atoms with van der Waals surface area (Å²) in [5.41, 5.74) is 3.29. The van der Waals surface area contributed by atoms with E-state index in [1.165, 1.54) is 0 Å². The van der Waals surface area contributed by atoms with E-state index >= 15 is 0 Å². The molecule has 3 aliphatic heterocycles. The fraction of sp³-hybridized carbons (Fsp3) is 0.333. The van der Waals surface area contributed by atoms with Crippen LogP contribution >= 0.6 is 0 Å². The minimum atomic E-state index is -0.750. The average molecular weight is 555 g/mol. The molecule has 41 heavy (non-hydrogen) atoms. The zero-order valence-electron chi connectivity index (χ0n) is 23.1. The SMILES string of the molecule is C[C@@H]1Cc2cc(/C(O)=C3\C(=O)C(=O)N(CCN4CCOCC4)[C@H]3c3cccc(OCc4ccccc4)c3)ccc2O1. The standard InChI is InChI=1S/C33H34N2O6/c1-22-18-26-19-25(10-11-28(26)41-22)31(36)29-30(35(33(38)32(29)37)13-12-34-14-16-39-17-15-34)24-8-5-9-27(20-24)40-21-23-6-3-2-4-7-23/h2-11,19-20,22,30,36H,12-18,21H2,1H3/b31-29+/t22-,30+/m1/s1. The smallest absolute Gasteiger partial charge is 0.295 e. The van der Waals surface area contributed by atoms with Crippen LogP contribution in [0.4, 0.5) is 0 Å². The number of benzene rings is 3. The fourth-order valence-electron chi connectivity index (χ4n) is 5.77. The molecule has 3 aromatic rings. The Labute approximate surface area is 239 Å². The number of amides is 1. The first-order valence-electron chi connectivity index (χ1n) is 14.1. The predicted molar refractivity (Wildman–Crippen MR) is 154 cm³/mol. The number of carbonyl (C=O) groups is 2. The van der Waals surface area contributed by atoms with E-state index in [0.717, 1.165) is 30.0 Å². The minimum absolute atomic E-state index is 0.0480. The van der Waals surface area contributed by atoms with Gasteiger partial charge in [0.25, 0.3) is 11.7 Å². The van der Waals surface area contributed by atoms with Gasteiger partial charge in [0.1, 0.15) is 30.0 Å². The summed E-state index contributed by atoms with van der Waals surface area (Å²) in [5.74, 6) is -0.0810. The Morgan fingerprint density at radius 1 is 0.976 bits per heavy atom. The molecule has 8 heteroatoms. The van der Waals surface area contributed by atoms with E-state index in [1.54, 1.807) is 11.0 Å². The van der Waals surface area contributed by atoms with Gasteiger partial charge in [0.15, 0.2) is 0 Å². The monoisotopic (exact) mass is 554 g/mol. The Hall–Kier alpha value is -4.14. The normalized spacial score (nSPS) is 22.0. The van der Waals surface area contributed by atoms with Gasteiger partial charge in [-0.25, -0.2) is 0 Å². The summed E-state index contributed by atoms with van der Waals surface area (Å²) < 4.78 is 17.4. The van der Waals surface area contributed by atoms with Crippen molar-refractivity contribution in [2.75, 3.05) is 39.4 Å². The highest BCUT2D eigenvalue weighted by molar-refractivity contribution is 6.46. The molecule has 3 aliphatic rings. The third-order valence-electron chi connectivity index (χ3n) is 7.89. The Kier molecular flexibility index (Phi) is 7.76. The number of ketones is 1. The van der Waals surface area contributed by atoms with Crippen LogP contribution < -0.4 is 9.47 Å². The third-order valence-corrected chi connectivity index (χ3v) is 7.89. The highest BCUT2D eigenvalue weighted by atomic mass is 16.5. The number of nitrogens with zero attached hydrogens (tertiary/aromatic N) is 2. The highest BCUT2D eigenvalue weighted by Gasteiger charge is 2.46. The van der Waals surface area contributed by atoms with Crippen molar-refractivity contribution >= 4 is 17.4 Å². The van der Waals surface area contributed by atoms with Gasteiger partial charge in [-0.2, -0.15) is 0 Å². The highest BCUT2D eigenvalue weighted by Crippen LogP contribution is 2.41. The first-order chi connectivity index (χ1) is 20.0. The Balaban J connectivity index is 1.35. The van der Waals surface area contributed by atoms with Gasteiger partial charge in [-0.1, -0.05) is 42.5 Å². The largest absolute Gasteiger partial charge is 0.507 e. The van der Waals surface area contributed by atoms with E-state index in [1.807, 2.05) is 73.7 Å². The molecule has 3 aromatic carbocycles. The second-order valence-corrected chi connectivity index (χ2v) is 10.7. The lowest BCUT2D eigenvalue weighted by atomic mass is 9.94. The van der Waals surface area contributed by atoms with E-state index in [-0.39, 0.29) is 17.4 Å². The van der Waals surface area contributed by atoms with E-state index in [9.17, 15) is 14.7 Å². The summed E-state index contributed by atoms with van der Waals surface area (Å²) in [6.45, 7) is 6.15. The molecule has 2 atom stereocenters. The van der Waals surface area contributed by atoms with Crippen LogP contribution in [0.1, 0.15) is 35.2 Å². The molecule has 6 rings (SSSR count). The van der Waals surface area contributed by atoms with Crippen LogP contribution in [0.3, 0.4) is 0 Å². The van der Waals surface area contributed by atoms with Crippen molar-refractivity contribution in [3.8, 4) is 11.5 Å². The number of Topliss-reactive ketones (excluding diaryl/α,β-unsaturated/α-hetero) is 1. The van der Waals surface area contributed by atoms with Crippen LogP contribution in [0.5, 0.6) is 11.5 Å². The maximum absolute atomic E-state index is 13.5. The predicted octanol–water partition coefficient (Wildman–Crippen LogP) is 4.34. The van der Waals surface area contributed by atoms with Crippen molar-refractivity contribution in [1.82, 2.24) is 9.80 Å². The van der Waals surface area contributed by atoms with Crippen molar-refractivity contribution in [2.24, 2.45) is 0 Å². The molecule has 0 spiro atoms. The second-order valence-electron chi connectivity index (χ2n) is 10.7. The molecule has 2 saturated heterocycles. The zero-order chi connectivity index (χ0) is 28.3. The molecule has 0 aromatic heterocycles. The van der Waals surface area contributed by atoms with Crippen LogP contribution in [0.25, 0.3) is 5.76 Å². The summed E-state index contributed by atoms with van der Waals surface area (Å²) in [4.78, 5) is 30.8. The Morgan fingerprint density at radius 2 is 1.78 bits per heavy atom. The number of ether oxygens (including phenoxy) is 3. The number of rotatable bonds is 8. The van der Waals surface area contributed by atoms with Crippen molar-refractivity contribution in [2.45, 2.75) is 32.1 Å².